The maximum absolute atomic E-state index is 12.5. The van der Waals surface area contributed by atoms with Crippen molar-refractivity contribution in [2.75, 3.05) is 29.2 Å². The van der Waals surface area contributed by atoms with E-state index in [1.54, 1.807) is 30.1 Å². The quantitative estimate of drug-likeness (QED) is 0.780. The molecule has 0 saturated heterocycles. The zero-order chi connectivity index (χ0) is 18.2. The number of aryl methyl sites for hydroxylation is 1. The van der Waals surface area contributed by atoms with E-state index in [4.69, 9.17) is 4.74 Å². The molecule has 2 heterocycles. The molecule has 0 bridgehead atoms. The van der Waals surface area contributed by atoms with Crippen molar-refractivity contribution in [3.63, 3.8) is 0 Å². The minimum atomic E-state index is -0.614. The molecule has 2 aromatic rings. The number of hydrogen-bond donors (Lipinski definition) is 3. The standard InChI is InChI=1S/C17H21N5O3/c1-10-12(8-18-21-10)20-16(24)19-11-5-6-14-13(7-11)22(4)15(23)17(2,3)9-25-14/h5-8H,9H2,1-4H3,(H,18,21)(H2,19,20,24). The molecule has 0 spiro atoms. The number of carbonyl (C=O) groups is 2. The van der Waals surface area contributed by atoms with Crippen LogP contribution in [0.2, 0.25) is 0 Å². The normalized spacial score (nSPS) is 15.8. The fourth-order valence-electron chi connectivity index (χ4n) is 2.62. The lowest BCUT2D eigenvalue weighted by Crippen LogP contribution is -2.39. The second-order valence-corrected chi connectivity index (χ2v) is 6.71. The lowest BCUT2D eigenvalue weighted by Gasteiger charge is -2.24. The van der Waals surface area contributed by atoms with E-state index in [1.807, 2.05) is 20.8 Å². The van der Waals surface area contributed by atoms with Crippen molar-refractivity contribution in [3.05, 3.63) is 30.1 Å². The van der Waals surface area contributed by atoms with E-state index in [0.29, 0.717) is 29.4 Å². The molecule has 3 amide bonds. The number of hydrogen-bond acceptors (Lipinski definition) is 4. The van der Waals surface area contributed by atoms with Gasteiger partial charge in [-0.25, -0.2) is 4.79 Å². The SMILES string of the molecule is Cc1[nH]ncc1NC(=O)Nc1ccc2c(c1)N(C)C(=O)C(C)(C)CO2. The highest BCUT2D eigenvalue weighted by molar-refractivity contribution is 6.02. The van der Waals surface area contributed by atoms with Crippen molar-refractivity contribution in [3.8, 4) is 5.75 Å². The number of benzene rings is 1. The van der Waals surface area contributed by atoms with Gasteiger partial charge in [0.25, 0.3) is 0 Å². The van der Waals surface area contributed by atoms with E-state index >= 15 is 0 Å². The zero-order valence-corrected chi connectivity index (χ0v) is 14.6. The Morgan fingerprint density at radius 3 is 2.80 bits per heavy atom. The molecule has 0 aliphatic carbocycles. The first-order valence-electron chi connectivity index (χ1n) is 7.91. The van der Waals surface area contributed by atoms with Gasteiger partial charge in [0.2, 0.25) is 5.91 Å². The van der Waals surface area contributed by atoms with Crippen LogP contribution in [0.3, 0.4) is 0 Å². The third kappa shape index (κ3) is 3.28. The van der Waals surface area contributed by atoms with E-state index < -0.39 is 11.4 Å². The van der Waals surface area contributed by atoms with Gasteiger partial charge < -0.3 is 20.3 Å². The van der Waals surface area contributed by atoms with Crippen LogP contribution in [0, 0.1) is 12.3 Å². The molecule has 3 rings (SSSR count). The molecule has 1 aliphatic rings. The first kappa shape index (κ1) is 16.8. The van der Waals surface area contributed by atoms with Crippen LogP contribution in [-0.2, 0) is 4.79 Å². The summed E-state index contributed by atoms with van der Waals surface area (Å²) in [4.78, 5) is 26.3. The monoisotopic (exact) mass is 343 g/mol. The van der Waals surface area contributed by atoms with Gasteiger partial charge in [0, 0.05) is 12.7 Å². The molecule has 25 heavy (non-hydrogen) atoms. The molecule has 1 aromatic carbocycles. The summed E-state index contributed by atoms with van der Waals surface area (Å²) in [5, 5.41) is 12.1. The third-order valence-electron chi connectivity index (χ3n) is 4.13. The largest absolute Gasteiger partial charge is 0.490 e. The summed E-state index contributed by atoms with van der Waals surface area (Å²) in [7, 11) is 1.70. The molecule has 3 N–H and O–H groups in total. The summed E-state index contributed by atoms with van der Waals surface area (Å²) in [6.07, 6.45) is 1.54. The van der Waals surface area contributed by atoms with Crippen LogP contribution in [-0.4, -0.2) is 35.8 Å². The Kier molecular flexibility index (Phi) is 4.12. The topological polar surface area (TPSA) is 99.4 Å². The van der Waals surface area contributed by atoms with Crippen molar-refractivity contribution in [2.24, 2.45) is 5.41 Å². The summed E-state index contributed by atoms with van der Waals surface area (Å²) in [5.74, 6) is 0.569. The zero-order valence-electron chi connectivity index (χ0n) is 14.6. The fourth-order valence-corrected chi connectivity index (χ4v) is 2.62. The van der Waals surface area contributed by atoms with Gasteiger partial charge in [-0.1, -0.05) is 0 Å². The minimum Gasteiger partial charge on any atom is -0.490 e. The summed E-state index contributed by atoms with van der Waals surface area (Å²) >= 11 is 0. The predicted molar refractivity (Wildman–Crippen MR) is 95.1 cm³/mol. The van der Waals surface area contributed by atoms with E-state index in [2.05, 4.69) is 20.8 Å². The van der Waals surface area contributed by atoms with E-state index in [9.17, 15) is 9.59 Å². The van der Waals surface area contributed by atoms with Crippen LogP contribution >= 0.6 is 0 Å². The number of H-pyrrole nitrogens is 1. The Bertz CT molecular complexity index is 827. The number of aromatic nitrogens is 2. The fraction of sp³-hybridized carbons (Fsp3) is 0.353. The number of fused-ring (bicyclic) bond motifs is 1. The molecule has 0 fully saturated rings. The second-order valence-electron chi connectivity index (χ2n) is 6.71. The number of urea groups is 1. The van der Waals surface area contributed by atoms with Crippen LogP contribution < -0.4 is 20.3 Å². The highest BCUT2D eigenvalue weighted by atomic mass is 16.5. The van der Waals surface area contributed by atoms with Crippen LogP contribution in [0.1, 0.15) is 19.5 Å². The lowest BCUT2D eigenvalue weighted by atomic mass is 9.93. The molecule has 0 saturated carbocycles. The summed E-state index contributed by atoms with van der Waals surface area (Å²) in [6.45, 7) is 5.80. The maximum atomic E-state index is 12.5. The smallest absolute Gasteiger partial charge is 0.323 e. The molecule has 0 atom stereocenters. The van der Waals surface area contributed by atoms with Crippen molar-refractivity contribution in [1.82, 2.24) is 10.2 Å². The number of nitrogens with one attached hydrogen (secondary N) is 3. The summed E-state index contributed by atoms with van der Waals surface area (Å²) in [6, 6.07) is 4.81. The highest BCUT2D eigenvalue weighted by Crippen LogP contribution is 2.37. The first-order chi connectivity index (χ1) is 11.8. The number of amides is 3. The molecular weight excluding hydrogens is 322 g/mol. The van der Waals surface area contributed by atoms with Gasteiger partial charge >= 0.3 is 6.03 Å². The average molecular weight is 343 g/mol. The van der Waals surface area contributed by atoms with Gasteiger partial charge in [-0.05, 0) is 39.0 Å². The molecule has 1 aliphatic heterocycles. The Morgan fingerprint density at radius 1 is 1.36 bits per heavy atom. The molecule has 8 heteroatoms. The lowest BCUT2D eigenvalue weighted by molar-refractivity contribution is -0.127. The number of aromatic amines is 1. The van der Waals surface area contributed by atoms with Gasteiger partial charge in [-0.2, -0.15) is 5.10 Å². The summed E-state index contributed by atoms with van der Waals surface area (Å²) in [5.41, 5.74) is 1.92. The molecule has 132 valence electrons. The van der Waals surface area contributed by atoms with Crippen molar-refractivity contribution < 1.29 is 14.3 Å². The molecule has 0 unspecified atom stereocenters. The first-order valence-corrected chi connectivity index (χ1v) is 7.91. The van der Waals surface area contributed by atoms with E-state index in [0.717, 1.165) is 5.69 Å². The molecule has 0 radical (unpaired) electrons. The highest BCUT2D eigenvalue weighted by Gasteiger charge is 2.36. The number of rotatable bonds is 2. The Hall–Kier alpha value is -3.03. The third-order valence-corrected chi connectivity index (χ3v) is 4.13. The van der Waals surface area contributed by atoms with Gasteiger partial charge in [0.1, 0.15) is 12.4 Å². The van der Waals surface area contributed by atoms with Gasteiger partial charge in [0.05, 0.1) is 28.7 Å². The average Bonchev–Trinajstić information content (AvgIpc) is 2.93. The number of anilines is 3. The maximum Gasteiger partial charge on any atom is 0.323 e. The summed E-state index contributed by atoms with van der Waals surface area (Å²) < 4.78 is 5.76. The number of nitrogens with zero attached hydrogens (tertiary/aromatic N) is 2. The van der Waals surface area contributed by atoms with Crippen molar-refractivity contribution >= 4 is 29.0 Å². The molecule has 1 aromatic heterocycles. The number of ether oxygens (including phenoxy) is 1. The van der Waals surface area contributed by atoms with Crippen LogP contribution in [0.4, 0.5) is 21.9 Å². The minimum absolute atomic E-state index is 0.0399. The van der Waals surface area contributed by atoms with Crippen LogP contribution in [0.25, 0.3) is 0 Å². The van der Waals surface area contributed by atoms with Crippen LogP contribution in [0.15, 0.2) is 24.4 Å². The predicted octanol–water partition coefficient (Wildman–Crippen LogP) is 2.74. The Morgan fingerprint density at radius 2 is 2.12 bits per heavy atom. The second kappa shape index (κ2) is 6.12. The van der Waals surface area contributed by atoms with Crippen LogP contribution in [0.5, 0.6) is 5.75 Å². The Labute approximate surface area is 145 Å². The molecule has 8 nitrogen and oxygen atoms in total. The van der Waals surface area contributed by atoms with Gasteiger partial charge in [-0.3, -0.25) is 9.89 Å². The number of carbonyl (C=O) groups excluding carboxylic acids is 2. The van der Waals surface area contributed by atoms with E-state index in [-0.39, 0.29) is 5.91 Å². The van der Waals surface area contributed by atoms with Crippen molar-refractivity contribution in [1.29, 1.82) is 0 Å². The van der Waals surface area contributed by atoms with E-state index in [1.165, 1.54) is 6.20 Å². The van der Waals surface area contributed by atoms with Gasteiger partial charge in [-0.15, -0.1) is 0 Å². The van der Waals surface area contributed by atoms with Crippen molar-refractivity contribution in [2.45, 2.75) is 20.8 Å². The Balaban J connectivity index is 1.79. The molecular formula is C17H21N5O3. The van der Waals surface area contributed by atoms with Gasteiger partial charge in [0.15, 0.2) is 0 Å².